The largest absolute Gasteiger partial charge is 0.493 e. The molecule has 5 heteroatoms. The highest BCUT2D eigenvalue weighted by atomic mass is 16.5. The van der Waals surface area contributed by atoms with Crippen LogP contribution in [0, 0.1) is 6.92 Å². The molecular formula is C14H17N3O2. The van der Waals surface area contributed by atoms with Gasteiger partial charge in [0.1, 0.15) is 5.75 Å². The van der Waals surface area contributed by atoms with Crippen molar-refractivity contribution in [2.75, 3.05) is 6.61 Å². The number of carbonyl (C=O) groups excluding carboxylic acids is 1. The molecule has 0 atom stereocenters. The molecular weight excluding hydrogens is 242 g/mol. The minimum atomic E-state index is -0.0401. The fourth-order valence-electron chi connectivity index (χ4n) is 1.56. The molecule has 0 unspecified atom stereocenters. The van der Waals surface area contributed by atoms with Crippen molar-refractivity contribution < 1.29 is 9.53 Å². The van der Waals surface area contributed by atoms with Crippen molar-refractivity contribution >= 4 is 5.91 Å². The van der Waals surface area contributed by atoms with E-state index in [0.717, 1.165) is 11.4 Å². The molecule has 1 aromatic heterocycles. The third kappa shape index (κ3) is 4.46. The minimum absolute atomic E-state index is 0.0401. The number of nitrogens with one attached hydrogen (secondary N) is 2. The monoisotopic (exact) mass is 259 g/mol. The second-order valence-corrected chi connectivity index (χ2v) is 4.27. The molecule has 19 heavy (non-hydrogen) atoms. The molecule has 5 nitrogen and oxygen atoms in total. The summed E-state index contributed by atoms with van der Waals surface area (Å²) in [6.45, 7) is 2.86. The van der Waals surface area contributed by atoms with Crippen LogP contribution in [0.1, 0.15) is 17.7 Å². The van der Waals surface area contributed by atoms with Crippen LogP contribution in [0.5, 0.6) is 5.75 Å². The zero-order valence-electron chi connectivity index (χ0n) is 10.8. The number of ether oxygens (including phenoxy) is 1. The second-order valence-electron chi connectivity index (χ2n) is 4.27. The highest BCUT2D eigenvalue weighted by Gasteiger charge is 2.02. The van der Waals surface area contributed by atoms with Gasteiger partial charge in [-0.15, -0.1) is 0 Å². The van der Waals surface area contributed by atoms with Gasteiger partial charge in [0.25, 0.3) is 0 Å². The average Bonchev–Trinajstić information content (AvgIpc) is 2.92. The van der Waals surface area contributed by atoms with Crippen molar-refractivity contribution in [2.24, 2.45) is 0 Å². The Hall–Kier alpha value is -2.30. The molecule has 0 saturated heterocycles. The summed E-state index contributed by atoms with van der Waals surface area (Å²) in [6, 6.07) is 7.76. The van der Waals surface area contributed by atoms with Gasteiger partial charge >= 0.3 is 0 Å². The second kappa shape index (κ2) is 6.58. The fraction of sp³-hybridized carbons (Fsp3) is 0.286. The molecule has 0 radical (unpaired) electrons. The van der Waals surface area contributed by atoms with E-state index in [1.807, 2.05) is 31.2 Å². The molecule has 1 amide bonds. The number of aryl methyl sites for hydroxylation is 1. The Kier molecular flexibility index (Phi) is 4.55. The number of H-pyrrole nitrogens is 1. The molecule has 0 aliphatic carbocycles. The Bertz CT molecular complexity index is 506. The van der Waals surface area contributed by atoms with Gasteiger partial charge in [-0.05, 0) is 19.1 Å². The van der Waals surface area contributed by atoms with Crippen LogP contribution >= 0.6 is 0 Å². The van der Waals surface area contributed by atoms with Crippen LogP contribution in [0.15, 0.2) is 36.8 Å². The number of benzene rings is 1. The van der Waals surface area contributed by atoms with E-state index < -0.39 is 0 Å². The number of aromatic amines is 1. The summed E-state index contributed by atoms with van der Waals surface area (Å²) in [5, 5.41) is 2.79. The van der Waals surface area contributed by atoms with Gasteiger partial charge < -0.3 is 15.0 Å². The standard InChI is InChI=1S/C14H17N3O2/c1-11-2-4-13(5-3-11)19-7-6-14(18)16-9-12-8-15-10-17-12/h2-5,8,10H,6-7,9H2,1H3,(H,15,17)(H,16,18). The van der Waals surface area contributed by atoms with Gasteiger partial charge in [0, 0.05) is 6.20 Å². The Morgan fingerprint density at radius 2 is 2.16 bits per heavy atom. The maximum absolute atomic E-state index is 11.6. The van der Waals surface area contributed by atoms with E-state index in [9.17, 15) is 4.79 Å². The molecule has 0 spiro atoms. The van der Waals surface area contributed by atoms with E-state index in [2.05, 4.69) is 15.3 Å². The summed E-state index contributed by atoms with van der Waals surface area (Å²) in [4.78, 5) is 18.4. The molecule has 0 bridgehead atoms. The molecule has 0 saturated carbocycles. The van der Waals surface area contributed by atoms with Crippen LogP contribution in [0.3, 0.4) is 0 Å². The average molecular weight is 259 g/mol. The first-order chi connectivity index (χ1) is 9.24. The highest BCUT2D eigenvalue weighted by molar-refractivity contribution is 5.75. The lowest BCUT2D eigenvalue weighted by Gasteiger charge is -2.07. The third-order valence-electron chi connectivity index (χ3n) is 2.65. The van der Waals surface area contributed by atoms with Gasteiger partial charge in [-0.1, -0.05) is 17.7 Å². The molecule has 2 rings (SSSR count). The molecule has 0 aliphatic rings. The SMILES string of the molecule is Cc1ccc(OCCC(=O)NCc2cnc[nH]2)cc1. The van der Waals surface area contributed by atoms with Crippen LogP contribution in [0.4, 0.5) is 0 Å². The van der Waals surface area contributed by atoms with Gasteiger partial charge in [-0.25, -0.2) is 4.98 Å². The number of rotatable bonds is 6. The van der Waals surface area contributed by atoms with Crippen LogP contribution in [-0.4, -0.2) is 22.5 Å². The first-order valence-corrected chi connectivity index (χ1v) is 6.17. The van der Waals surface area contributed by atoms with E-state index in [0.29, 0.717) is 19.6 Å². The van der Waals surface area contributed by atoms with E-state index in [1.54, 1.807) is 12.5 Å². The van der Waals surface area contributed by atoms with Gasteiger partial charge in [0.05, 0.1) is 31.6 Å². The molecule has 0 fully saturated rings. The Labute approximate surface area is 112 Å². The third-order valence-corrected chi connectivity index (χ3v) is 2.65. The van der Waals surface area contributed by atoms with Gasteiger partial charge in [-0.2, -0.15) is 0 Å². The summed E-state index contributed by atoms with van der Waals surface area (Å²) in [5.41, 5.74) is 2.07. The van der Waals surface area contributed by atoms with Crippen molar-refractivity contribution in [1.29, 1.82) is 0 Å². The summed E-state index contributed by atoms with van der Waals surface area (Å²) in [5.74, 6) is 0.744. The lowest BCUT2D eigenvalue weighted by atomic mass is 10.2. The quantitative estimate of drug-likeness (QED) is 0.831. The molecule has 100 valence electrons. The van der Waals surface area contributed by atoms with Crippen molar-refractivity contribution in [3.8, 4) is 5.75 Å². The molecule has 1 aromatic carbocycles. The zero-order valence-corrected chi connectivity index (χ0v) is 10.8. The normalized spacial score (nSPS) is 10.2. The van der Waals surface area contributed by atoms with Crippen molar-refractivity contribution in [1.82, 2.24) is 15.3 Å². The van der Waals surface area contributed by atoms with E-state index in [-0.39, 0.29) is 5.91 Å². The highest BCUT2D eigenvalue weighted by Crippen LogP contribution is 2.11. The lowest BCUT2D eigenvalue weighted by molar-refractivity contribution is -0.121. The van der Waals surface area contributed by atoms with Crippen LogP contribution < -0.4 is 10.1 Å². The number of hydrogen-bond donors (Lipinski definition) is 2. The number of hydrogen-bond acceptors (Lipinski definition) is 3. The molecule has 2 N–H and O–H groups in total. The predicted octanol–water partition coefficient (Wildman–Crippen LogP) is 1.80. The predicted molar refractivity (Wildman–Crippen MR) is 71.7 cm³/mol. The van der Waals surface area contributed by atoms with Crippen LogP contribution in [0.2, 0.25) is 0 Å². The van der Waals surface area contributed by atoms with Crippen molar-refractivity contribution in [2.45, 2.75) is 19.9 Å². The lowest BCUT2D eigenvalue weighted by Crippen LogP contribution is -2.24. The fourth-order valence-corrected chi connectivity index (χ4v) is 1.56. The number of nitrogens with zero attached hydrogens (tertiary/aromatic N) is 1. The summed E-state index contributed by atoms with van der Waals surface area (Å²) >= 11 is 0. The van der Waals surface area contributed by atoms with E-state index >= 15 is 0 Å². The summed E-state index contributed by atoms with van der Waals surface area (Å²) < 4.78 is 5.49. The first kappa shape index (κ1) is 13.1. The topological polar surface area (TPSA) is 67.0 Å². The molecule has 0 aliphatic heterocycles. The smallest absolute Gasteiger partial charge is 0.223 e. The Morgan fingerprint density at radius 3 is 2.84 bits per heavy atom. The number of carbonyl (C=O) groups is 1. The van der Waals surface area contributed by atoms with Crippen LogP contribution in [0.25, 0.3) is 0 Å². The maximum atomic E-state index is 11.6. The Balaban J connectivity index is 1.65. The first-order valence-electron chi connectivity index (χ1n) is 6.17. The molecule has 1 heterocycles. The number of imidazole rings is 1. The van der Waals surface area contributed by atoms with E-state index in [4.69, 9.17) is 4.74 Å². The summed E-state index contributed by atoms with van der Waals surface area (Å²) in [6.07, 6.45) is 3.60. The van der Waals surface area contributed by atoms with Gasteiger partial charge in [-0.3, -0.25) is 4.79 Å². The Morgan fingerprint density at radius 1 is 1.37 bits per heavy atom. The van der Waals surface area contributed by atoms with E-state index in [1.165, 1.54) is 5.56 Å². The van der Waals surface area contributed by atoms with Crippen LogP contribution in [-0.2, 0) is 11.3 Å². The van der Waals surface area contributed by atoms with Crippen molar-refractivity contribution in [3.05, 3.63) is 48.0 Å². The van der Waals surface area contributed by atoms with Gasteiger partial charge in [0.15, 0.2) is 0 Å². The van der Waals surface area contributed by atoms with Gasteiger partial charge in [0.2, 0.25) is 5.91 Å². The van der Waals surface area contributed by atoms with Crippen molar-refractivity contribution in [3.63, 3.8) is 0 Å². The number of aromatic nitrogens is 2. The number of amides is 1. The zero-order chi connectivity index (χ0) is 13.5. The summed E-state index contributed by atoms with van der Waals surface area (Å²) in [7, 11) is 0. The minimum Gasteiger partial charge on any atom is -0.493 e. The maximum Gasteiger partial charge on any atom is 0.223 e. The molecule has 2 aromatic rings.